The van der Waals surface area contributed by atoms with E-state index in [-0.39, 0.29) is 36.1 Å². The van der Waals surface area contributed by atoms with Gasteiger partial charge < -0.3 is 5.32 Å². The van der Waals surface area contributed by atoms with E-state index in [1.54, 1.807) is 18.2 Å². The number of nitrogens with one attached hydrogen (secondary N) is 1. The molecule has 4 atom stereocenters. The third-order valence-corrected chi connectivity index (χ3v) is 6.27. The third kappa shape index (κ3) is 2.25. The molecule has 1 N–H and O–H groups in total. The van der Waals surface area contributed by atoms with Crippen molar-refractivity contribution in [2.24, 2.45) is 23.7 Å². The summed E-state index contributed by atoms with van der Waals surface area (Å²) in [5, 5.41) is 3.32. The molecule has 1 saturated heterocycles. The van der Waals surface area contributed by atoms with Crippen LogP contribution in [0.15, 0.2) is 18.2 Å². The lowest BCUT2D eigenvalue weighted by atomic mass is 9.81. The number of nitrogens with zero attached hydrogens (tertiary/aromatic N) is 1. The van der Waals surface area contributed by atoms with Crippen molar-refractivity contribution in [1.29, 1.82) is 0 Å². The Morgan fingerprint density at radius 2 is 1.83 bits per heavy atom. The van der Waals surface area contributed by atoms with E-state index in [4.69, 9.17) is 11.6 Å². The van der Waals surface area contributed by atoms with Crippen LogP contribution < -0.4 is 5.32 Å². The van der Waals surface area contributed by atoms with Gasteiger partial charge in [0, 0.05) is 10.7 Å². The van der Waals surface area contributed by atoms with Crippen LogP contribution in [0.3, 0.4) is 0 Å². The van der Waals surface area contributed by atoms with Gasteiger partial charge in [0.25, 0.3) is 0 Å². The molecule has 2 saturated carbocycles. The summed E-state index contributed by atoms with van der Waals surface area (Å²) in [6.07, 6.45) is 3.06. The zero-order valence-corrected chi connectivity index (χ0v) is 14.2. The zero-order chi connectivity index (χ0) is 17.0. The Labute approximate surface area is 145 Å². The molecule has 5 nitrogen and oxygen atoms in total. The highest BCUT2D eigenvalue weighted by Crippen LogP contribution is 2.56. The first-order chi connectivity index (χ1) is 11.5. The van der Waals surface area contributed by atoms with Crippen molar-refractivity contribution in [2.45, 2.75) is 26.2 Å². The SMILES string of the molecule is Cc1c(Cl)cccc1NC(=O)CN1C(=O)[C@H]2[C@@H]3CC[C@@H](C3)[C@@H]2C1=O. The monoisotopic (exact) mass is 346 g/mol. The van der Waals surface area contributed by atoms with Crippen molar-refractivity contribution in [2.75, 3.05) is 11.9 Å². The molecule has 3 fully saturated rings. The van der Waals surface area contributed by atoms with Gasteiger partial charge in [0.05, 0.1) is 11.8 Å². The van der Waals surface area contributed by atoms with Crippen molar-refractivity contribution < 1.29 is 14.4 Å². The van der Waals surface area contributed by atoms with E-state index in [0.717, 1.165) is 29.7 Å². The summed E-state index contributed by atoms with van der Waals surface area (Å²) < 4.78 is 0. The first-order valence-electron chi connectivity index (χ1n) is 8.37. The second kappa shape index (κ2) is 5.59. The summed E-state index contributed by atoms with van der Waals surface area (Å²) in [5.41, 5.74) is 1.37. The van der Waals surface area contributed by atoms with Gasteiger partial charge >= 0.3 is 0 Å². The summed E-state index contributed by atoms with van der Waals surface area (Å²) in [7, 11) is 0. The second-order valence-corrected chi connectivity index (χ2v) is 7.52. The average Bonchev–Trinajstić information content (AvgIpc) is 3.22. The van der Waals surface area contributed by atoms with Gasteiger partial charge in [-0.25, -0.2) is 0 Å². The van der Waals surface area contributed by atoms with Crippen LogP contribution in [0, 0.1) is 30.6 Å². The van der Waals surface area contributed by atoms with Crippen LogP contribution >= 0.6 is 11.6 Å². The summed E-state index contributed by atoms with van der Waals surface area (Å²) >= 11 is 6.05. The molecule has 4 rings (SSSR count). The van der Waals surface area contributed by atoms with E-state index in [2.05, 4.69) is 5.32 Å². The molecule has 3 aliphatic rings. The molecule has 0 unspecified atom stereocenters. The van der Waals surface area contributed by atoms with E-state index in [0.29, 0.717) is 22.5 Å². The number of halogens is 1. The number of carbonyl (C=O) groups is 3. The lowest BCUT2D eigenvalue weighted by molar-refractivity contribution is -0.143. The number of rotatable bonds is 3. The molecule has 126 valence electrons. The molecule has 1 aromatic rings. The standard InChI is InChI=1S/C18H19ClN2O3/c1-9-12(19)3-2-4-13(9)20-14(22)8-21-17(23)15-10-5-6-11(7-10)16(15)18(21)24/h2-4,10-11,15-16H,5-8H2,1H3,(H,20,22)/t10-,11+,15-,16-/m0/s1. The van der Waals surface area contributed by atoms with E-state index in [1.807, 2.05) is 6.92 Å². The number of hydrogen-bond acceptors (Lipinski definition) is 3. The molecule has 1 aromatic carbocycles. The Bertz CT molecular complexity index is 720. The van der Waals surface area contributed by atoms with Gasteiger partial charge in [0.15, 0.2) is 0 Å². The minimum atomic E-state index is -0.366. The number of hydrogen-bond donors (Lipinski definition) is 1. The highest BCUT2D eigenvalue weighted by molar-refractivity contribution is 6.31. The van der Waals surface area contributed by atoms with Crippen molar-refractivity contribution in [3.63, 3.8) is 0 Å². The van der Waals surface area contributed by atoms with Crippen molar-refractivity contribution in [3.05, 3.63) is 28.8 Å². The van der Waals surface area contributed by atoms with Crippen LogP contribution in [-0.2, 0) is 14.4 Å². The Morgan fingerprint density at radius 1 is 1.21 bits per heavy atom. The molecule has 0 spiro atoms. The quantitative estimate of drug-likeness (QED) is 0.855. The summed E-state index contributed by atoms with van der Waals surface area (Å²) in [6.45, 7) is 1.60. The van der Waals surface area contributed by atoms with E-state index in [1.165, 1.54) is 0 Å². The summed E-state index contributed by atoms with van der Waals surface area (Å²) in [4.78, 5) is 38.7. The van der Waals surface area contributed by atoms with Gasteiger partial charge in [-0.1, -0.05) is 17.7 Å². The molecule has 24 heavy (non-hydrogen) atoms. The van der Waals surface area contributed by atoms with Crippen LogP contribution in [0.5, 0.6) is 0 Å². The van der Waals surface area contributed by atoms with E-state index < -0.39 is 0 Å². The maximum Gasteiger partial charge on any atom is 0.244 e. The van der Waals surface area contributed by atoms with Crippen molar-refractivity contribution in [3.8, 4) is 0 Å². The van der Waals surface area contributed by atoms with Gasteiger partial charge in [-0.2, -0.15) is 0 Å². The maximum atomic E-state index is 12.6. The number of fused-ring (bicyclic) bond motifs is 5. The molecule has 2 bridgehead atoms. The highest BCUT2D eigenvalue weighted by Gasteiger charge is 2.60. The molecule has 2 aliphatic carbocycles. The van der Waals surface area contributed by atoms with Crippen molar-refractivity contribution in [1.82, 2.24) is 4.90 Å². The number of imide groups is 1. The minimum absolute atomic E-state index is 0.157. The Kier molecular flexibility index (Phi) is 3.64. The average molecular weight is 347 g/mol. The van der Waals surface area contributed by atoms with Gasteiger partial charge in [0.1, 0.15) is 6.54 Å². The minimum Gasteiger partial charge on any atom is -0.324 e. The molecule has 0 radical (unpaired) electrons. The predicted octanol–water partition coefficient (Wildman–Crippen LogP) is 2.62. The topological polar surface area (TPSA) is 66.5 Å². The van der Waals surface area contributed by atoms with E-state index in [9.17, 15) is 14.4 Å². The first kappa shape index (κ1) is 15.6. The molecular formula is C18H19ClN2O3. The van der Waals surface area contributed by atoms with Gasteiger partial charge in [0.2, 0.25) is 17.7 Å². The maximum absolute atomic E-state index is 12.6. The molecule has 3 amide bonds. The number of anilines is 1. The molecule has 1 aliphatic heterocycles. The molecule has 1 heterocycles. The molecular weight excluding hydrogens is 328 g/mol. The van der Waals surface area contributed by atoms with Gasteiger partial charge in [-0.3, -0.25) is 19.3 Å². The fourth-order valence-corrected chi connectivity index (χ4v) is 4.88. The van der Waals surface area contributed by atoms with Gasteiger partial charge in [-0.05, 0) is 55.7 Å². The fraction of sp³-hybridized carbons (Fsp3) is 0.500. The van der Waals surface area contributed by atoms with Crippen LogP contribution in [0.1, 0.15) is 24.8 Å². The van der Waals surface area contributed by atoms with Crippen LogP contribution in [0.25, 0.3) is 0 Å². The second-order valence-electron chi connectivity index (χ2n) is 7.11. The zero-order valence-electron chi connectivity index (χ0n) is 13.4. The van der Waals surface area contributed by atoms with Crippen LogP contribution in [-0.4, -0.2) is 29.2 Å². The number of likely N-dealkylation sites (tertiary alicyclic amines) is 1. The first-order valence-corrected chi connectivity index (χ1v) is 8.75. The molecule has 6 heteroatoms. The smallest absolute Gasteiger partial charge is 0.244 e. The largest absolute Gasteiger partial charge is 0.324 e. The Balaban J connectivity index is 1.47. The predicted molar refractivity (Wildman–Crippen MR) is 89.3 cm³/mol. The normalized spacial score (nSPS) is 30.8. The third-order valence-electron chi connectivity index (χ3n) is 5.86. The van der Waals surface area contributed by atoms with Crippen LogP contribution in [0.4, 0.5) is 5.69 Å². The number of carbonyl (C=O) groups excluding carboxylic acids is 3. The molecule has 0 aromatic heterocycles. The fourth-order valence-electron chi connectivity index (χ4n) is 4.70. The van der Waals surface area contributed by atoms with Crippen LogP contribution in [0.2, 0.25) is 5.02 Å². The Morgan fingerprint density at radius 3 is 2.46 bits per heavy atom. The lowest BCUT2D eigenvalue weighted by Crippen LogP contribution is -2.39. The lowest BCUT2D eigenvalue weighted by Gasteiger charge is -2.19. The highest BCUT2D eigenvalue weighted by atomic mass is 35.5. The summed E-state index contributed by atoms with van der Waals surface area (Å²) in [6, 6.07) is 5.25. The summed E-state index contributed by atoms with van der Waals surface area (Å²) in [5.74, 6) is -0.381. The Hall–Kier alpha value is -1.88. The number of benzene rings is 1. The van der Waals surface area contributed by atoms with Gasteiger partial charge in [-0.15, -0.1) is 0 Å². The van der Waals surface area contributed by atoms with E-state index >= 15 is 0 Å². The number of amides is 3. The van der Waals surface area contributed by atoms with Crippen molar-refractivity contribution >= 4 is 35.0 Å².